The molecule has 0 radical (unpaired) electrons. The number of rotatable bonds is 8. The fourth-order valence-corrected chi connectivity index (χ4v) is 2.92. The molecule has 28 heavy (non-hydrogen) atoms. The minimum atomic E-state index is -0.266. The van der Waals surface area contributed by atoms with E-state index in [9.17, 15) is 4.79 Å². The molecule has 0 fully saturated rings. The third-order valence-corrected chi connectivity index (χ3v) is 4.63. The fourth-order valence-electron chi connectivity index (χ4n) is 2.92. The number of carbonyl (C=O) groups is 1. The predicted octanol–water partition coefficient (Wildman–Crippen LogP) is 3.83. The average molecular weight is 385 g/mol. The van der Waals surface area contributed by atoms with Gasteiger partial charge in [0.05, 0.1) is 19.8 Å². The van der Waals surface area contributed by atoms with Gasteiger partial charge in [-0.3, -0.25) is 4.79 Å². The van der Waals surface area contributed by atoms with Crippen molar-refractivity contribution in [3.05, 3.63) is 48.0 Å². The Morgan fingerprint density at radius 2 is 2.00 bits per heavy atom. The van der Waals surface area contributed by atoms with Crippen molar-refractivity contribution in [2.24, 2.45) is 0 Å². The minimum absolute atomic E-state index is 0.201. The van der Waals surface area contributed by atoms with Gasteiger partial charge in [-0.1, -0.05) is 25.5 Å². The molecule has 1 N–H and O–H groups in total. The molecule has 2 aromatic rings. The van der Waals surface area contributed by atoms with E-state index in [1.807, 2.05) is 31.2 Å². The summed E-state index contributed by atoms with van der Waals surface area (Å²) >= 11 is 0. The maximum absolute atomic E-state index is 12.7. The van der Waals surface area contributed by atoms with Crippen molar-refractivity contribution < 1.29 is 23.7 Å². The number of benzene rings is 2. The van der Waals surface area contributed by atoms with Crippen LogP contribution in [0, 0.1) is 0 Å². The molecule has 0 aliphatic carbocycles. The zero-order chi connectivity index (χ0) is 19.9. The van der Waals surface area contributed by atoms with Crippen LogP contribution in [0.15, 0.2) is 42.5 Å². The summed E-state index contributed by atoms with van der Waals surface area (Å²) in [6.07, 6.45) is 1.76. The highest BCUT2D eigenvalue weighted by atomic mass is 16.6. The molecule has 0 saturated heterocycles. The van der Waals surface area contributed by atoms with Crippen molar-refractivity contribution in [3.8, 4) is 23.0 Å². The normalized spacial score (nSPS) is 16.2. The highest BCUT2D eigenvalue weighted by molar-refractivity contribution is 5.95. The SMILES string of the molecule is CCCCOc1ccc(C(=O)N[C@H](C)[C@H]2COc3ccccc3O2)cc1OC. The van der Waals surface area contributed by atoms with Crippen LogP contribution >= 0.6 is 0 Å². The lowest BCUT2D eigenvalue weighted by atomic mass is 10.1. The molecule has 6 heteroatoms. The van der Waals surface area contributed by atoms with Gasteiger partial charge in [-0.2, -0.15) is 0 Å². The monoisotopic (exact) mass is 385 g/mol. The molecular weight excluding hydrogens is 358 g/mol. The Morgan fingerprint density at radius 3 is 2.75 bits per heavy atom. The molecule has 1 aliphatic rings. The zero-order valence-electron chi connectivity index (χ0n) is 16.6. The van der Waals surface area contributed by atoms with Crippen LogP contribution < -0.4 is 24.3 Å². The van der Waals surface area contributed by atoms with Crippen LogP contribution in [0.5, 0.6) is 23.0 Å². The van der Waals surface area contributed by atoms with Crippen molar-refractivity contribution in [1.82, 2.24) is 5.32 Å². The molecule has 0 bridgehead atoms. The third kappa shape index (κ3) is 4.68. The van der Waals surface area contributed by atoms with E-state index in [0.717, 1.165) is 18.6 Å². The molecule has 0 saturated carbocycles. The Kier molecular flexibility index (Phi) is 6.63. The minimum Gasteiger partial charge on any atom is -0.493 e. The number of hydrogen-bond acceptors (Lipinski definition) is 5. The van der Waals surface area contributed by atoms with Gasteiger partial charge in [0.2, 0.25) is 0 Å². The number of fused-ring (bicyclic) bond motifs is 1. The number of amides is 1. The topological polar surface area (TPSA) is 66.0 Å². The van der Waals surface area contributed by atoms with Crippen molar-refractivity contribution >= 4 is 5.91 Å². The molecule has 0 spiro atoms. The zero-order valence-corrected chi connectivity index (χ0v) is 16.6. The molecule has 3 rings (SSSR count). The Morgan fingerprint density at radius 1 is 1.21 bits per heavy atom. The van der Waals surface area contributed by atoms with Gasteiger partial charge in [0.1, 0.15) is 6.61 Å². The van der Waals surface area contributed by atoms with Crippen LogP contribution in [0.4, 0.5) is 0 Å². The maximum Gasteiger partial charge on any atom is 0.251 e. The second-order valence-corrected chi connectivity index (χ2v) is 6.74. The lowest BCUT2D eigenvalue weighted by Gasteiger charge is -2.30. The highest BCUT2D eigenvalue weighted by Crippen LogP contribution is 2.32. The Bertz CT molecular complexity index is 807. The van der Waals surface area contributed by atoms with Crippen molar-refractivity contribution in [1.29, 1.82) is 0 Å². The van der Waals surface area contributed by atoms with E-state index < -0.39 is 0 Å². The van der Waals surface area contributed by atoms with E-state index in [4.69, 9.17) is 18.9 Å². The van der Waals surface area contributed by atoms with E-state index in [-0.39, 0.29) is 18.1 Å². The van der Waals surface area contributed by atoms with Gasteiger partial charge in [0.25, 0.3) is 5.91 Å². The van der Waals surface area contributed by atoms with Gasteiger partial charge >= 0.3 is 0 Å². The Balaban J connectivity index is 1.62. The van der Waals surface area contributed by atoms with E-state index >= 15 is 0 Å². The number of methoxy groups -OCH3 is 1. The van der Waals surface area contributed by atoms with Crippen LogP contribution in [-0.4, -0.2) is 38.4 Å². The lowest BCUT2D eigenvalue weighted by Crippen LogP contribution is -2.48. The van der Waals surface area contributed by atoms with E-state index in [1.54, 1.807) is 25.3 Å². The summed E-state index contributed by atoms with van der Waals surface area (Å²) in [5.74, 6) is 2.40. The first-order valence-corrected chi connectivity index (χ1v) is 9.62. The van der Waals surface area contributed by atoms with E-state index in [0.29, 0.717) is 36.0 Å². The molecule has 1 aliphatic heterocycles. The van der Waals surface area contributed by atoms with Gasteiger partial charge < -0.3 is 24.3 Å². The summed E-state index contributed by atoms with van der Waals surface area (Å²) in [4.78, 5) is 12.7. The Labute approximate surface area is 165 Å². The molecule has 6 nitrogen and oxygen atoms in total. The summed E-state index contributed by atoms with van der Waals surface area (Å²) in [6, 6.07) is 12.5. The van der Waals surface area contributed by atoms with Crippen molar-refractivity contribution in [2.45, 2.75) is 38.8 Å². The lowest BCUT2D eigenvalue weighted by molar-refractivity contribution is 0.0606. The van der Waals surface area contributed by atoms with Crippen molar-refractivity contribution in [2.75, 3.05) is 20.3 Å². The van der Waals surface area contributed by atoms with Gasteiger partial charge in [-0.15, -0.1) is 0 Å². The molecule has 1 heterocycles. The molecule has 1 amide bonds. The van der Waals surface area contributed by atoms with Crippen molar-refractivity contribution in [3.63, 3.8) is 0 Å². The number of ether oxygens (including phenoxy) is 4. The van der Waals surface area contributed by atoms with E-state index in [1.165, 1.54) is 0 Å². The van der Waals surface area contributed by atoms with Crippen LogP contribution in [0.1, 0.15) is 37.0 Å². The predicted molar refractivity (Wildman–Crippen MR) is 107 cm³/mol. The van der Waals surface area contributed by atoms with Crippen LogP contribution in [0.2, 0.25) is 0 Å². The smallest absolute Gasteiger partial charge is 0.251 e. The van der Waals surface area contributed by atoms with Crippen LogP contribution in [0.3, 0.4) is 0 Å². The standard InChI is InChI=1S/C22H27NO5/c1-4-5-12-26-18-11-10-16(13-20(18)25-3)22(24)23-15(2)21-14-27-17-8-6-7-9-19(17)28-21/h6-11,13,15,21H,4-5,12,14H2,1-3H3,(H,23,24)/t15-,21-/m1/s1. The summed E-state index contributed by atoms with van der Waals surface area (Å²) in [5, 5.41) is 2.98. The van der Waals surface area contributed by atoms with Gasteiger partial charge in [0, 0.05) is 5.56 Å². The second-order valence-electron chi connectivity index (χ2n) is 6.74. The number of unbranched alkanes of at least 4 members (excludes halogenated alkanes) is 1. The van der Waals surface area contributed by atoms with Gasteiger partial charge in [-0.25, -0.2) is 0 Å². The molecule has 2 atom stereocenters. The summed E-state index contributed by atoms with van der Waals surface area (Å²) in [5.41, 5.74) is 0.503. The quantitative estimate of drug-likeness (QED) is 0.700. The second kappa shape index (κ2) is 9.35. The third-order valence-electron chi connectivity index (χ3n) is 4.63. The largest absolute Gasteiger partial charge is 0.493 e. The van der Waals surface area contributed by atoms with Gasteiger partial charge in [0.15, 0.2) is 29.1 Å². The number of carbonyl (C=O) groups excluding carboxylic acids is 1. The number of para-hydroxylation sites is 2. The molecule has 150 valence electrons. The first kappa shape index (κ1) is 19.9. The Hall–Kier alpha value is -2.89. The molecule has 0 unspecified atom stereocenters. The molecule has 0 aromatic heterocycles. The first-order valence-electron chi connectivity index (χ1n) is 9.62. The van der Waals surface area contributed by atoms with Crippen LogP contribution in [-0.2, 0) is 0 Å². The number of hydrogen-bond donors (Lipinski definition) is 1. The number of nitrogens with one attached hydrogen (secondary N) is 1. The molecular formula is C22H27NO5. The van der Waals surface area contributed by atoms with Gasteiger partial charge in [-0.05, 0) is 43.7 Å². The fraction of sp³-hybridized carbons (Fsp3) is 0.409. The van der Waals surface area contributed by atoms with E-state index in [2.05, 4.69) is 12.2 Å². The summed E-state index contributed by atoms with van der Waals surface area (Å²) in [6.45, 7) is 5.01. The first-order chi connectivity index (χ1) is 13.6. The average Bonchev–Trinajstić information content (AvgIpc) is 2.73. The molecule has 2 aromatic carbocycles. The van der Waals surface area contributed by atoms with Crippen LogP contribution in [0.25, 0.3) is 0 Å². The summed E-state index contributed by atoms with van der Waals surface area (Å²) in [7, 11) is 1.57. The maximum atomic E-state index is 12.7. The highest BCUT2D eigenvalue weighted by Gasteiger charge is 2.27. The summed E-state index contributed by atoms with van der Waals surface area (Å²) < 4.78 is 22.8.